The van der Waals surface area contributed by atoms with E-state index >= 15 is 0 Å². The molecule has 0 aromatic carbocycles. The minimum absolute atomic E-state index is 0.00942. The highest BCUT2D eigenvalue weighted by molar-refractivity contribution is 7.89. The number of thiophene rings is 1. The summed E-state index contributed by atoms with van der Waals surface area (Å²) in [6.45, 7) is 2.80. The number of carboxylic acid groups (broad SMARTS) is 1. The van der Waals surface area contributed by atoms with E-state index in [2.05, 4.69) is 4.74 Å². The molecule has 9 heteroatoms. The second-order valence-electron chi connectivity index (χ2n) is 4.59. The Morgan fingerprint density at radius 2 is 2.05 bits per heavy atom. The Morgan fingerprint density at radius 3 is 2.52 bits per heavy atom. The average Bonchev–Trinajstić information content (AvgIpc) is 2.79. The lowest BCUT2D eigenvalue weighted by atomic mass is 10.2. The molecule has 1 rings (SSSR count). The van der Waals surface area contributed by atoms with Gasteiger partial charge >= 0.3 is 11.9 Å². The fraction of sp³-hybridized carbons (Fsp3) is 0.500. The summed E-state index contributed by atoms with van der Waals surface area (Å²) in [4.78, 5) is 22.4. The molecular formula is C12H17NO6S2. The van der Waals surface area contributed by atoms with Crippen LogP contribution in [-0.4, -0.2) is 50.5 Å². The van der Waals surface area contributed by atoms with Crippen LogP contribution >= 0.6 is 11.3 Å². The number of methoxy groups -OCH3 is 1. The Kier molecular flexibility index (Phi) is 5.48. The van der Waals surface area contributed by atoms with Crippen LogP contribution in [0, 0.1) is 12.8 Å². The maximum Gasteiger partial charge on any atom is 0.349 e. The molecule has 0 fully saturated rings. The molecule has 0 aliphatic heterocycles. The van der Waals surface area contributed by atoms with Crippen LogP contribution in [0.15, 0.2) is 10.3 Å². The van der Waals surface area contributed by atoms with E-state index in [1.807, 2.05) is 0 Å². The number of nitrogens with zero attached hydrogens (tertiary/aromatic N) is 1. The fourth-order valence-corrected chi connectivity index (χ4v) is 4.62. The molecule has 21 heavy (non-hydrogen) atoms. The van der Waals surface area contributed by atoms with Gasteiger partial charge < -0.3 is 9.84 Å². The van der Waals surface area contributed by atoms with Crippen LogP contribution in [0.3, 0.4) is 0 Å². The zero-order valence-corrected chi connectivity index (χ0v) is 13.7. The lowest BCUT2D eigenvalue weighted by Crippen LogP contribution is -2.34. The highest BCUT2D eigenvalue weighted by Crippen LogP contribution is 2.30. The van der Waals surface area contributed by atoms with Crippen LogP contribution in [0.25, 0.3) is 0 Å². The Balaban J connectivity index is 3.22. The smallest absolute Gasteiger partial charge is 0.349 e. The van der Waals surface area contributed by atoms with Crippen molar-refractivity contribution in [3.63, 3.8) is 0 Å². The molecule has 1 unspecified atom stereocenters. The second kappa shape index (κ2) is 6.54. The van der Waals surface area contributed by atoms with Crippen molar-refractivity contribution in [2.24, 2.45) is 5.92 Å². The van der Waals surface area contributed by atoms with Crippen molar-refractivity contribution >= 4 is 33.3 Å². The van der Waals surface area contributed by atoms with E-state index in [1.54, 1.807) is 12.3 Å². The van der Waals surface area contributed by atoms with Crippen molar-refractivity contribution in [3.05, 3.63) is 15.8 Å². The average molecular weight is 335 g/mol. The first-order valence-electron chi connectivity index (χ1n) is 5.98. The molecule has 1 aromatic rings. The molecule has 0 spiro atoms. The van der Waals surface area contributed by atoms with Crippen LogP contribution in [0.5, 0.6) is 0 Å². The molecule has 0 saturated heterocycles. The number of rotatable bonds is 6. The molecule has 0 radical (unpaired) electrons. The lowest BCUT2D eigenvalue weighted by Gasteiger charge is -2.19. The normalized spacial score (nSPS) is 13.2. The Hall–Kier alpha value is -1.45. The van der Waals surface area contributed by atoms with Gasteiger partial charge in [-0.05, 0) is 17.9 Å². The summed E-state index contributed by atoms with van der Waals surface area (Å²) in [7, 11) is -1.51. The Morgan fingerprint density at radius 1 is 1.48 bits per heavy atom. The Labute approximate surface area is 127 Å². The van der Waals surface area contributed by atoms with E-state index in [0.29, 0.717) is 5.56 Å². The number of carboxylic acids is 1. The van der Waals surface area contributed by atoms with E-state index in [0.717, 1.165) is 15.6 Å². The number of esters is 1. The largest absolute Gasteiger partial charge is 0.481 e. The molecule has 0 saturated carbocycles. The third kappa shape index (κ3) is 3.60. The van der Waals surface area contributed by atoms with Gasteiger partial charge in [-0.15, -0.1) is 11.3 Å². The van der Waals surface area contributed by atoms with Gasteiger partial charge in [-0.2, -0.15) is 0 Å². The minimum Gasteiger partial charge on any atom is -0.481 e. The summed E-state index contributed by atoms with van der Waals surface area (Å²) in [6.07, 6.45) is 0. The molecule has 7 nitrogen and oxygen atoms in total. The first kappa shape index (κ1) is 17.6. The van der Waals surface area contributed by atoms with E-state index in [1.165, 1.54) is 21.1 Å². The van der Waals surface area contributed by atoms with Crippen LogP contribution in [0.1, 0.15) is 22.2 Å². The van der Waals surface area contributed by atoms with Gasteiger partial charge in [0.25, 0.3) is 0 Å². The predicted molar refractivity (Wildman–Crippen MR) is 77.0 cm³/mol. The molecule has 0 amide bonds. The van der Waals surface area contributed by atoms with Crippen molar-refractivity contribution in [1.29, 1.82) is 0 Å². The number of aliphatic carboxylic acids is 1. The van der Waals surface area contributed by atoms with Crippen molar-refractivity contribution in [2.75, 3.05) is 20.7 Å². The van der Waals surface area contributed by atoms with Crippen LogP contribution in [0.2, 0.25) is 0 Å². The van der Waals surface area contributed by atoms with Gasteiger partial charge in [0.2, 0.25) is 10.0 Å². The number of aryl methyl sites for hydroxylation is 1. The lowest BCUT2D eigenvalue weighted by molar-refractivity contribution is -0.141. The first-order valence-corrected chi connectivity index (χ1v) is 8.30. The van der Waals surface area contributed by atoms with Gasteiger partial charge in [-0.3, -0.25) is 4.79 Å². The quantitative estimate of drug-likeness (QED) is 0.784. The molecule has 1 heterocycles. The number of sulfonamides is 1. The molecule has 0 bridgehead atoms. The summed E-state index contributed by atoms with van der Waals surface area (Å²) in [5.41, 5.74) is 0.426. The number of ether oxygens (including phenoxy) is 1. The summed E-state index contributed by atoms with van der Waals surface area (Å²) in [5, 5.41) is 10.4. The van der Waals surface area contributed by atoms with Crippen LogP contribution in [-0.2, 0) is 19.6 Å². The van der Waals surface area contributed by atoms with Gasteiger partial charge in [0.05, 0.1) is 13.0 Å². The SMILES string of the molecule is COC(=O)c1scc(C)c1S(=O)(=O)N(C)CC(C)C(=O)O. The van der Waals surface area contributed by atoms with E-state index in [4.69, 9.17) is 5.11 Å². The van der Waals surface area contributed by atoms with Crippen molar-refractivity contribution in [2.45, 2.75) is 18.7 Å². The molecule has 1 N–H and O–H groups in total. The van der Waals surface area contributed by atoms with E-state index in [-0.39, 0.29) is 16.3 Å². The first-order chi connectivity index (χ1) is 9.62. The number of carbonyl (C=O) groups is 2. The third-order valence-corrected chi connectivity index (χ3v) is 6.13. The van der Waals surface area contributed by atoms with Crippen molar-refractivity contribution < 1.29 is 27.9 Å². The van der Waals surface area contributed by atoms with Crippen LogP contribution < -0.4 is 0 Å². The topological polar surface area (TPSA) is 101 Å². The maximum atomic E-state index is 12.5. The summed E-state index contributed by atoms with van der Waals surface area (Å²) < 4.78 is 30.6. The van der Waals surface area contributed by atoms with Gasteiger partial charge in [-0.25, -0.2) is 17.5 Å². The molecule has 0 aliphatic rings. The van der Waals surface area contributed by atoms with E-state index in [9.17, 15) is 18.0 Å². The van der Waals surface area contributed by atoms with Gasteiger partial charge in [0.15, 0.2) is 0 Å². The van der Waals surface area contributed by atoms with E-state index < -0.39 is 27.9 Å². The second-order valence-corrected chi connectivity index (χ2v) is 7.45. The summed E-state index contributed by atoms with van der Waals surface area (Å²) in [6, 6.07) is 0. The number of hydrogen-bond acceptors (Lipinski definition) is 6. The standard InChI is InChI=1S/C12H17NO6S2/c1-7(11(14)15)5-13(3)21(17,18)10-8(2)6-20-9(10)12(16)19-4/h6-7H,5H2,1-4H3,(H,14,15). The summed E-state index contributed by atoms with van der Waals surface area (Å²) >= 11 is 0.982. The van der Waals surface area contributed by atoms with Gasteiger partial charge in [0.1, 0.15) is 9.77 Å². The molecule has 1 atom stereocenters. The highest BCUT2D eigenvalue weighted by atomic mass is 32.2. The zero-order chi connectivity index (χ0) is 16.4. The monoisotopic (exact) mass is 335 g/mol. The molecule has 1 aromatic heterocycles. The predicted octanol–water partition coefficient (Wildman–Crippen LogP) is 1.18. The third-order valence-electron chi connectivity index (χ3n) is 2.91. The molecule has 118 valence electrons. The van der Waals surface area contributed by atoms with Crippen molar-refractivity contribution in [3.8, 4) is 0 Å². The number of carbonyl (C=O) groups excluding carboxylic acids is 1. The Bertz CT molecular complexity index is 649. The van der Waals surface area contributed by atoms with Gasteiger partial charge in [-0.1, -0.05) is 6.92 Å². The fourth-order valence-electron chi connectivity index (χ4n) is 1.71. The highest BCUT2D eigenvalue weighted by Gasteiger charge is 2.32. The molecule has 0 aliphatic carbocycles. The molecular weight excluding hydrogens is 318 g/mol. The van der Waals surface area contributed by atoms with Gasteiger partial charge in [0, 0.05) is 13.6 Å². The minimum atomic E-state index is -3.96. The summed E-state index contributed by atoms with van der Waals surface area (Å²) in [5.74, 6) is -2.68. The number of hydrogen-bond donors (Lipinski definition) is 1. The van der Waals surface area contributed by atoms with Crippen molar-refractivity contribution in [1.82, 2.24) is 4.31 Å². The maximum absolute atomic E-state index is 12.5. The van der Waals surface area contributed by atoms with Crippen LogP contribution in [0.4, 0.5) is 0 Å². The zero-order valence-electron chi connectivity index (χ0n) is 12.1.